The second-order valence-corrected chi connectivity index (χ2v) is 7.68. The molecule has 2 N–H and O–H groups in total. The van der Waals surface area contributed by atoms with Gasteiger partial charge < -0.3 is 10.1 Å². The first-order chi connectivity index (χ1) is 13.2. The van der Waals surface area contributed by atoms with Gasteiger partial charge in [-0.15, -0.1) is 11.8 Å². The van der Waals surface area contributed by atoms with Crippen LogP contribution in [-0.2, 0) is 0 Å². The Kier molecular flexibility index (Phi) is 5.34. The number of thioether (sulfide) groups is 1. The van der Waals surface area contributed by atoms with Crippen LogP contribution >= 0.6 is 11.8 Å². The van der Waals surface area contributed by atoms with Crippen molar-refractivity contribution in [3.05, 3.63) is 54.2 Å². The summed E-state index contributed by atoms with van der Waals surface area (Å²) in [6, 6.07) is 13.6. The average Bonchev–Trinajstić information content (AvgIpc) is 3.19. The second-order valence-electron chi connectivity index (χ2n) is 6.86. The van der Waals surface area contributed by atoms with Crippen molar-refractivity contribution in [2.24, 2.45) is 0 Å². The van der Waals surface area contributed by atoms with Gasteiger partial charge in [0.1, 0.15) is 5.75 Å². The first-order valence-corrected chi connectivity index (χ1v) is 10.5. The molecular weight excluding hydrogens is 358 g/mol. The zero-order chi connectivity index (χ0) is 18.6. The van der Waals surface area contributed by atoms with E-state index in [-0.39, 0.29) is 18.1 Å². The Labute approximate surface area is 162 Å². The van der Waals surface area contributed by atoms with Gasteiger partial charge in [-0.1, -0.05) is 18.2 Å². The number of nitrogens with zero attached hydrogens (tertiary/aromatic N) is 1. The number of carbonyl (C=O) groups excluding carboxylic acids is 1. The van der Waals surface area contributed by atoms with Crippen LogP contribution in [0.2, 0.25) is 0 Å². The normalized spacial score (nSPS) is 19.7. The molecule has 1 aliphatic carbocycles. The molecule has 0 atom stereocenters. The van der Waals surface area contributed by atoms with E-state index < -0.39 is 0 Å². The molecule has 2 aromatic carbocycles. The van der Waals surface area contributed by atoms with E-state index in [4.69, 9.17) is 4.74 Å². The average molecular weight is 382 g/mol. The van der Waals surface area contributed by atoms with Crippen molar-refractivity contribution in [3.63, 3.8) is 0 Å². The van der Waals surface area contributed by atoms with E-state index >= 15 is 0 Å². The lowest BCUT2D eigenvalue weighted by Crippen LogP contribution is -2.39. The number of aromatic nitrogens is 2. The van der Waals surface area contributed by atoms with Gasteiger partial charge in [-0.2, -0.15) is 5.10 Å². The number of hydrogen-bond acceptors (Lipinski definition) is 4. The molecule has 1 aliphatic rings. The number of nitrogens with one attached hydrogen (secondary N) is 2. The summed E-state index contributed by atoms with van der Waals surface area (Å²) in [5, 5.41) is 11.4. The van der Waals surface area contributed by atoms with Crippen molar-refractivity contribution in [1.29, 1.82) is 0 Å². The van der Waals surface area contributed by atoms with Gasteiger partial charge in [0.15, 0.2) is 0 Å². The summed E-state index contributed by atoms with van der Waals surface area (Å²) in [5.74, 6) is 0.934. The molecule has 1 aromatic heterocycles. The van der Waals surface area contributed by atoms with Crippen LogP contribution in [0.25, 0.3) is 10.9 Å². The van der Waals surface area contributed by atoms with E-state index in [2.05, 4.69) is 21.8 Å². The summed E-state index contributed by atoms with van der Waals surface area (Å²) >= 11 is 1.68. The predicted octanol–water partition coefficient (Wildman–Crippen LogP) is 4.40. The Balaban J connectivity index is 1.35. The van der Waals surface area contributed by atoms with E-state index in [0.717, 1.165) is 47.2 Å². The molecule has 1 amide bonds. The maximum atomic E-state index is 12.3. The minimum absolute atomic E-state index is 0.00930. The number of amides is 1. The molecule has 6 heteroatoms. The highest BCUT2D eigenvalue weighted by Crippen LogP contribution is 2.36. The third-order valence-corrected chi connectivity index (χ3v) is 5.91. The molecule has 0 aliphatic heterocycles. The predicted molar refractivity (Wildman–Crippen MR) is 108 cm³/mol. The summed E-state index contributed by atoms with van der Waals surface area (Å²) in [6.07, 6.45) is 7.85. The lowest BCUT2D eigenvalue weighted by atomic mass is 9.92. The number of H-pyrrole nitrogens is 1. The summed E-state index contributed by atoms with van der Waals surface area (Å²) < 4.78 is 6.32. The Morgan fingerprint density at radius 2 is 1.93 bits per heavy atom. The minimum atomic E-state index is 0.00930. The Morgan fingerprint density at radius 1 is 1.15 bits per heavy atom. The smallest absolute Gasteiger partial charge is 0.251 e. The van der Waals surface area contributed by atoms with E-state index in [1.165, 1.54) is 0 Å². The number of rotatable bonds is 5. The molecule has 0 spiro atoms. The van der Waals surface area contributed by atoms with Crippen LogP contribution in [0, 0.1) is 0 Å². The zero-order valence-electron chi connectivity index (χ0n) is 15.3. The highest BCUT2D eigenvalue weighted by molar-refractivity contribution is 7.99. The Hall–Kier alpha value is -2.47. The number of carbonyl (C=O) groups is 1. The van der Waals surface area contributed by atoms with Gasteiger partial charge in [0.05, 0.1) is 22.7 Å². The van der Waals surface area contributed by atoms with Crippen LogP contribution in [0.3, 0.4) is 0 Å². The highest BCUT2D eigenvalue weighted by Gasteiger charge is 2.25. The molecule has 1 fully saturated rings. The molecule has 3 aromatic rings. The van der Waals surface area contributed by atoms with Crippen LogP contribution in [-0.4, -0.2) is 34.5 Å². The van der Waals surface area contributed by atoms with Gasteiger partial charge in [0, 0.05) is 17.0 Å². The summed E-state index contributed by atoms with van der Waals surface area (Å²) in [6.45, 7) is 0. The molecular formula is C21H23N3O2S. The maximum Gasteiger partial charge on any atom is 0.251 e. The minimum Gasteiger partial charge on any atom is -0.489 e. The van der Waals surface area contributed by atoms with Gasteiger partial charge in [0.25, 0.3) is 5.91 Å². The quantitative estimate of drug-likeness (QED) is 0.643. The molecule has 140 valence electrons. The van der Waals surface area contributed by atoms with Gasteiger partial charge in [-0.25, -0.2) is 0 Å². The van der Waals surface area contributed by atoms with Crippen LogP contribution in [0.15, 0.2) is 53.6 Å². The molecule has 0 bridgehead atoms. The van der Waals surface area contributed by atoms with Crippen molar-refractivity contribution in [2.45, 2.75) is 42.7 Å². The van der Waals surface area contributed by atoms with Gasteiger partial charge >= 0.3 is 0 Å². The number of ether oxygens (including phenoxy) is 1. The Bertz CT molecular complexity index is 918. The van der Waals surface area contributed by atoms with Crippen molar-refractivity contribution >= 4 is 28.6 Å². The van der Waals surface area contributed by atoms with Crippen LogP contribution in [0.1, 0.15) is 36.0 Å². The van der Waals surface area contributed by atoms with Gasteiger partial charge in [0.2, 0.25) is 0 Å². The lowest BCUT2D eigenvalue weighted by Gasteiger charge is -2.30. The Morgan fingerprint density at radius 3 is 2.67 bits per heavy atom. The molecule has 4 rings (SSSR count). The monoisotopic (exact) mass is 381 g/mol. The van der Waals surface area contributed by atoms with Crippen LogP contribution < -0.4 is 10.1 Å². The van der Waals surface area contributed by atoms with E-state index in [0.29, 0.717) is 5.56 Å². The van der Waals surface area contributed by atoms with Gasteiger partial charge in [-0.3, -0.25) is 9.89 Å². The van der Waals surface area contributed by atoms with Crippen molar-refractivity contribution in [3.8, 4) is 5.75 Å². The van der Waals surface area contributed by atoms with E-state index in [1.807, 2.05) is 48.7 Å². The summed E-state index contributed by atoms with van der Waals surface area (Å²) in [7, 11) is 0. The van der Waals surface area contributed by atoms with Crippen molar-refractivity contribution in [1.82, 2.24) is 15.5 Å². The maximum absolute atomic E-state index is 12.3. The SMILES string of the molecule is CSc1c(O[C@H]2CC[C@H](NC(=O)c3ccccc3)CC2)ccc2[nH]ncc12. The summed E-state index contributed by atoms with van der Waals surface area (Å²) in [4.78, 5) is 13.4. The van der Waals surface area contributed by atoms with Crippen molar-refractivity contribution in [2.75, 3.05) is 6.26 Å². The summed E-state index contributed by atoms with van der Waals surface area (Å²) in [5.41, 5.74) is 1.74. The molecule has 5 nitrogen and oxygen atoms in total. The fraction of sp³-hybridized carbons (Fsp3) is 0.333. The molecule has 0 radical (unpaired) electrons. The highest BCUT2D eigenvalue weighted by atomic mass is 32.2. The standard InChI is InChI=1S/C21H23N3O2S/c1-27-20-17-13-22-24-18(17)11-12-19(20)26-16-9-7-15(8-10-16)23-21(25)14-5-3-2-4-6-14/h2-6,11-13,15-16H,7-10H2,1H3,(H,22,24)(H,23,25)/t15-,16-. The molecule has 27 heavy (non-hydrogen) atoms. The van der Waals surface area contributed by atoms with Crippen LogP contribution in [0.4, 0.5) is 0 Å². The number of aromatic amines is 1. The molecule has 0 unspecified atom stereocenters. The number of fused-ring (bicyclic) bond motifs is 1. The fourth-order valence-electron chi connectivity index (χ4n) is 3.64. The van der Waals surface area contributed by atoms with E-state index in [1.54, 1.807) is 11.8 Å². The molecule has 1 saturated carbocycles. The zero-order valence-corrected chi connectivity index (χ0v) is 16.1. The van der Waals surface area contributed by atoms with E-state index in [9.17, 15) is 4.79 Å². The van der Waals surface area contributed by atoms with Crippen LogP contribution in [0.5, 0.6) is 5.75 Å². The topological polar surface area (TPSA) is 67.0 Å². The molecule has 0 saturated heterocycles. The first kappa shape index (κ1) is 17.9. The molecule has 1 heterocycles. The lowest BCUT2D eigenvalue weighted by molar-refractivity contribution is 0.0892. The third kappa shape index (κ3) is 3.95. The fourth-order valence-corrected chi connectivity index (χ4v) is 4.34. The van der Waals surface area contributed by atoms with Crippen molar-refractivity contribution < 1.29 is 9.53 Å². The second kappa shape index (κ2) is 8.05. The van der Waals surface area contributed by atoms with Gasteiger partial charge in [-0.05, 0) is 56.2 Å². The third-order valence-electron chi connectivity index (χ3n) is 5.08. The number of hydrogen-bond donors (Lipinski definition) is 2. The first-order valence-electron chi connectivity index (χ1n) is 9.27. The largest absolute Gasteiger partial charge is 0.489 e. The number of benzene rings is 2.